The van der Waals surface area contributed by atoms with Crippen molar-refractivity contribution < 1.29 is 9.13 Å². The van der Waals surface area contributed by atoms with Gasteiger partial charge in [0.2, 0.25) is 0 Å². The zero-order chi connectivity index (χ0) is 13.4. The van der Waals surface area contributed by atoms with Crippen LogP contribution in [0.2, 0.25) is 0 Å². The van der Waals surface area contributed by atoms with Gasteiger partial charge in [-0.25, -0.2) is 4.39 Å². The van der Waals surface area contributed by atoms with Crippen molar-refractivity contribution in [2.75, 3.05) is 19.1 Å². The first-order valence-corrected chi connectivity index (χ1v) is 7.06. The normalized spacial score (nSPS) is 12.9. The lowest BCUT2D eigenvalue weighted by Crippen LogP contribution is -2.08. The fourth-order valence-electron chi connectivity index (χ4n) is 1.77. The molecule has 1 rings (SSSR count). The van der Waals surface area contributed by atoms with Gasteiger partial charge in [-0.1, -0.05) is 32.0 Å². The number of ether oxygens (including phenoxy) is 1. The Kier molecular flexibility index (Phi) is 7.29. The van der Waals surface area contributed by atoms with Crippen LogP contribution in [-0.2, 0) is 4.74 Å². The summed E-state index contributed by atoms with van der Waals surface area (Å²) >= 11 is 5.92. The second-order valence-electron chi connectivity index (χ2n) is 4.96. The highest BCUT2D eigenvalue weighted by Crippen LogP contribution is 2.23. The summed E-state index contributed by atoms with van der Waals surface area (Å²) in [7, 11) is 0. The van der Waals surface area contributed by atoms with Crippen LogP contribution in [0.3, 0.4) is 0 Å². The van der Waals surface area contributed by atoms with Crippen molar-refractivity contribution in [3.63, 3.8) is 0 Å². The zero-order valence-electron chi connectivity index (χ0n) is 11.2. The van der Waals surface area contributed by atoms with E-state index in [1.807, 2.05) is 6.07 Å². The molecule has 0 aromatic heterocycles. The first-order valence-electron chi connectivity index (χ1n) is 6.53. The molecule has 1 aromatic carbocycles. The minimum absolute atomic E-state index is 0.0342. The average Bonchev–Trinajstić information content (AvgIpc) is 2.35. The Labute approximate surface area is 114 Å². The molecule has 0 aliphatic heterocycles. The van der Waals surface area contributed by atoms with Gasteiger partial charge in [-0.3, -0.25) is 0 Å². The van der Waals surface area contributed by atoms with Crippen LogP contribution < -0.4 is 0 Å². The van der Waals surface area contributed by atoms with Crippen LogP contribution in [0, 0.1) is 11.7 Å². The van der Waals surface area contributed by atoms with Gasteiger partial charge < -0.3 is 4.74 Å². The summed E-state index contributed by atoms with van der Waals surface area (Å²) < 4.78 is 19.2. The van der Waals surface area contributed by atoms with E-state index in [1.165, 1.54) is 6.07 Å². The molecular formula is C15H22ClFO. The fraction of sp³-hybridized carbons (Fsp3) is 0.600. The molecule has 3 heteroatoms. The van der Waals surface area contributed by atoms with E-state index in [1.54, 1.807) is 12.1 Å². The first kappa shape index (κ1) is 15.5. The highest BCUT2D eigenvalue weighted by molar-refractivity contribution is 6.18. The quantitative estimate of drug-likeness (QED) is 0.496. The third kappa shape index (κ3) is 5.36. The van der Waals surface area contributed by atoms with Crippen molar-refractivity contribution in [1.29, 1.82) is 0 Å². The van der Waals surface area contributed by atoms with Gasteiger partial charge in [0.05, 0.1) is 0 Å². The minimum atomic E-state index is -0.176. The molecular weight excluding hydrogens is 251 g/mol. The fourth-order valence-corrected chi connectivity index (χ4v) is 2.09. The third-order valence-corrected chi connectivity index (χ3v) is 3.35. The lowest BCUT2D eigenvalue weighted by Gasteiger charge is -2.15. The Balaban J connectivity index is 2.36. The molecule has 1 nitrogen and oxygen atoms in total. The van der Waals surface area contributed by atoms with Gasteiger partial charge in [0.1, 0.15) is 5.82 Å². The number of benzene rings is 1. The van der Waals surface area contributed by atoms with Gasteiger partial charge in [0.15, 0.2) is 0 Å². The molecule has 1 atom stereocenters. The lowest BCUT2D eigenvalue weighted by molar-refractivity contribution is 0.118. The molecule has 1 aromatic rings. The highest BCUT2D eigenvalue weighted by atomic mass is 35.5. The molecule has 0 saturated heterocycles. The number of rotatable bonds is 8. The second-order valence-corrected chi connectivity index (χ2v) is 5.26. The van der Waals surface area contributed by atoms with Gasteiger partial charge in [-0.15, -0.1) is 11.6 Å². The first-order chi connectivity index (χ1) is 8.65. The predicted octanol–water partition coefficient (Wildman–Crippen LogP) is 4.60. The summed E-state index contributed by atoms with van der Waals surface area (Å²) in [6, 6.07) is 6.83. The van der Waals surface area contributed by atoms with Crippen molar-refractivity contribution in [3.05, 3.63) is 35.6 Å². The van der Waals surface area contributed by atoms with Crippen LogP contribution >= 0.6 is 11.6 Å². The molecule has 0 aliphatic rings. The van der Waals surface area contributed by atoms with E-state index in [-0.39, 0.29) is 11.7 Å². The average molecular weight is 273 g/mol. The van der Waals surface area contributed by atoms with Gasteiger partial charge >= 0.3 is 0 Å². The molecule has 0 spiro atoms. The highest BCUT2D eigenvalue weighted by Gasteiger charge is 2.14. The van der Waals surface area contributed by atoms with Crippen molar-refractivity contribution in [3.8, 4) is 0 Å². The molecule has 18 heavy (non-hydrogen) atoms. The maximum Gasteiger partial charge on any atom is 0.126 e. The zero-order valence-corrected chi connectivity index (χ0v) is 11.9. The summed E-state index contributed by atoms with van der Waals surface area (Å²) in [5.74, 6) is 0.937. The summed E-state index contributed by atoms with van der Waals surface area (Å²) in [4.78, 5) is 0. The number of halogens is 2. The monoisotopic (exact) mass is 272 g/mol. The Morgan fingerprint density at radius 2 is 1.83 bits per heavy atom. The SMILES string of the molecule is CC(C)CCOCCC(CCl)c1ccccc1F. The summed E-state index contributed by atoms with van der Waals surface area (Å²) in [6.45, 7) is 5.75. The van der Waals surface area contributed by atoms with E-state index in [2.05, 4.69) is 13.8 Å². The standard InChI is InChI=1S/C15H22ClFO/c1-12(2)7-9-18-10-8-13(11-16)14-5-3-4-6-15(14)17/h3-6,12-13H,7-11H2,1-2H3. The van der Waals surface area contributed by atoms with Crippen LogP contribution in [0.25, 0.3) is 0 Å². The van der Waals surface area contributed by atoms with Crippen LogP contribution in [0.5, 0.6) is 0 Å². The Morgan fingerprint density at radius 3 is 2.44 bits per heavy atom. The maximum absolute atomic E-state index is 13.6. The van der Waals surface area contributed by atoms with Crippen LogP contribution in [0.15, 0.2) is 24.3 Å². The molecule has 0 N–H and O–H groups in total. The summed E-state index contributed by atoms with van der Waals surface area (Å²) in [5.41, 5.74) is 0.694. The molecule has 0 saturated carbocycles. The van der Waals surface area contributed by atoms with E-state index >= 15 is 0 Å². The van der Waals surface area contributed by atoms with E-state index in [0.717, 1.165) is 19.4 Å². The Bertz CT molecular complexity index is 341. The Hall–Kier alpha value is -0.600. The van der Waals surface area contributed by atoms with Crippen molar-refractivity contribution >= 4 is 11.6 Å². The third-order valence-electron chi connectivity index (χ3n) is 2.98. The van der Waals surface area contributed by atoms with Gasteiger partial charge in [0.25, 0.3) is 0 Å². The molecule has 0 fully saturated rings. The molecule has 0 radical (unpaired) electrons. The van der Waals surface area contributed by atoms with Crippen LogP contribution in [0.1, 0.15) is 38.2 Å². The van der Waals surface area contributed by atoms with E-state index in [9.17, 15) is 4.39 Å². The van der Waals surface area contributed by atoms with Crippen molar-refractivity contribution in [2.45, 2.75) is 32.6 Å². The molecule has 1 unspecified atom stereocenters. The number of hydrogen-bond donors (Lipinski definition) is 0. The molecule has 0 heterocycles. The molecule has 102 valence electrons. The largest absolute Gasteiger partial charge is 0.381 e. The Morgan fingerprint density at radius 1 is 1.17 bits per heavy atom. The van der Waals surface area contributed by atoms with E-state index < -0.39 is 0 Å². The maximum atomic E-state index is 13.6. The van der Waals surface area contributed by atoms with E-state index in [4.69, 9.17) is 16.3 Å². The van der Waals surface area contributed by atoms with Crippen molar-refractivity contribution in [1.82, 2.24) is 0 Å². The van der Waals surface area contributed by atoms with Crippen LogP contribution in [-0.4, -0.2) is 19.1 Å². The number of alkyl halides is 1. The van der Waals surface area contributed by atoms with Crippen molar-refractivity contribution in [2.24, 2.45) is 5.92 Å². The second kappa shape index (κ2) is 8.49. The topological polar surface area (TPSA) is 9.23 Å². The van der Waals surface area contributed by atoms with E-state index in [0.29, 0.717) is 24.0 Å². The summed E-state index contributed by atoms with van der Waals surface area (Å²) in [5, 5.41) is 0. The smallest absolute Gasteiger partial charge is 0.126 e. The van der Waals surface area contributed by atoms with Gasteiger partial charge in [0, 0.05) is 25.0 Å². The molecule has 0 amide bonds. The summed E-state index contributed by atoms with van der Waals surface area (Å²) in [6.07, 6.45) is 1.83. The lowest BCUT2D eigenvalue weighted by atomic mass is 9.97. The van der Waals surface area contributed by atoms with Gasteiger partial charge in [-0.05, 0) is 30.4 Å². The number of hydrogen-bond acceptors (Lipinski definition) is 1. The molecule has 0 aliphatic carbocycles. The van der Waals surface area contributed by atoms with Crippen LogP contribution in [0.4, 0.5) is 4.39 Å². The van der Waals surface area contributed by atoms with Gasteiger partial charge in [-0.2, -0.15) is 0 Å². The predicted molar refractivity (Wildman–Crippen MR) is 74.8 cm³/mol. The minimum Gasteiger partial charge on any atom is -0.381 e. The molecule has 0 bridgehead atoms.